The summed E-state index contributed by atoms with van der Waals surface area (Å²) < 4.78 is 37.1. The van der Waals surface area contributed by atoms with Gasteiger partial charge in [0.2, 0.25) is 5.91 Å². The van der Waals surface area contributed by atoms with E-state index in [1.165, 1.54) is 6.07 Å². The molecule has 1 fully saturated rings. The molecule has 1 heterocycles. The number of aryl methyl sites for hydroxylation is 1. The fraction of sp³-hybridized carbons (Fsp3) is 0.417. The highest BCUT2D eigenvalue weighted by molar-refractivity contribution is 5.81. The van der Waals surface area contributed by atoms with Crippen LogP contribution >= 0.6 is 0 Å². The summed E-state index contributed by atoms with van der Waals surface area (Å²) in [6.45, 7) is 3.52. The first kappa shape index (κ1) is 23.5. The van der Waals surface area contributed by atoms with Gasteiger partial charge in [-0.05, 0) is 49.6 Å². The Morgan fingerprint density at radius 1 is 0.938 bits per heavy atom. The van der Waals surface area contributed by atoms with Gasteiger partial charge >= 0.3 is 0 Å². The monoisotopic (exact) mass is 446 g/mol. The Kier molecular flexibility index (Phi) is 8.03. The molecule has 3 rings (SSSR count). The number of carbonyl (C=O) groups excluding carboxylic acids is 2. The van der Waals surface area contributed by atoms with Gasteiger partial charge in [-0.25, -0.2) is 8.78 Å². The second-order valence-corrected chi connectivity index (χ2v) is 7.74. The number of hydrogen-bond acceptors (Lipinski definition) is 4. The first-order chi connectivity index (χ1) is 15.4. The van der Waals surface area contributed by atoms with Crippen LogP contribution in [0.15, 0.2) is 42.5 Å². The molecule has 0 saturated carbocycles. The highest BCUT2D eigenvalue weighted by atomic mass is 19.2. The van der Waals surface area contributed by atoms with Crippen molar-refractivity contribution in [3.8, 4) is 11.5 Å². The molecule has 8 heteroatoms. The lowest BCUT2D eigenvalue weighted by Gasteiger charge is -2.25. The Labute approximate surface area is 186 Å². The maximum absolute atomic E-state index is 13.4. The first-order valence-corrected chi connectivity index (χ1v) is 10.7. The molecule has 32 heavy (non-hydrogen) atoms. The van der Waals surface area contributed by atoms with Crippen molar-refractivity contribution in [2.75, 3.05) is 33.3 Å². The zero-order valence-corrected chi connectivity index (χ0v) is 18.4. The smallest absolute Gasteiger partial charge is 0.263 e. The Morgan fingerprint density at radius 3 is 2.28 bits per heavy atom. The minimum Gasteiger partial charge on any atom is -0.497 e. The van der Waals surface area contributed by atoms with Gasteiger partial charge in [0.1, 0.15) is 11.5 Å². The summed E-state index contributed by atoms with van der Waals surface area (Å²) in [7, 11) is 1.61. The number of halogens is 2. The largest absolute Gasteiger partial charge is 0.497 e. The minimum absolute atomic E-state index is 0.0567. The lowest BCUT2D eigenvalue weighted by Crippen LogP contribution is -2.43. The van der Waals surface area contributed by atoms with Gasteiger partial charge in [-0.15, -0.1) is 0 Å². The van der Waals surface area contributed by atoms with Crippen LogP contribution < -0.4 is 9.47 Å². The van der Waals surface area contributed by atoms with Gasteiger partial charge in [-0.3, -0.25) is 9.59 Å². The summed E-state index contributed by atoms with van der Waals surface area (Å²) in [5.74, 6) is -1.32. The van der Waals surface area contributed by atoms with Crippen LogP contribution in [0, 0.1) is 11.6 Å². The van der Waals surface area contributed by atoms with Gasteiger partial charge in [0.15, 0.2) is 17.7 Å². The molecule has 172 valence electrons. The summed E-state index contributed by atoms with van der Waals surface area (Å²) >= 11 is 0. The number of nitrogens with zero attached hydrogens (tertiary/aromatic N) is 2. The lowest BCUT2D eigenvalue weighted by molar-refractivity contribution is -0.138. The van der Waals surface area contributed by atoms with E-state index in [1.807, 2.05) is 24.3 Å². The summed E-state index contributed by atoms with van der Waals surface area (Å²) in [5, 5.41) is 0. The van der Waals surface area contributed by atoms with Crippen molar-refractivity contribution in [2.45, 2.75) is 32.3 Å². The fourth-order valence-electron chi connectivity index (χ4n) is 3.65. The molecular weight excluding hydrogens is 418 g/mol. The second-order valence-electron chi connectivity index (χ2n) is 7.74. The summed E-state index contributed by atoms with van der Waals surface area (Å²) in [4.78, 5) is 28.9. The molecule has 0 radical (unpaired) electrons. The number of hydrogen-bond donors (Lipinski definition) is 0. The Balaban J connectivity index is 1.49. The van der Waals surface area contributed by atoms with E-state index in [9.17, 15) is 18.4 Å². The number of amides is 2. The number of ether oxygens (including phenoxy) is 2. The van der Waals surface area contributed by atoms with Crippen LogP contribution in [0.5, 0.6) is 11.5 Å². The van der Waals surface area contributed by atoms with E-state index in [2.05, 4.69) is 0 Å². The average Bonchev–Trinajstić information content (AvgIpc) is 3.06. The van der Waals surface area contributed by atoms with Crippen LogP contribution in [0.1, 0.15) is 25.3 Å². The van der Waals surface area contributed by atoms with Crippen LogP contribution in [0.3, 0.4) is 0 Å². The Bertz CT molecular complexity index is 936. The normalized spacial score (nSPS) is 15.1. The molecule has 2 amide bonds. The van der Waals surface area contributed by atoms with E-state index >= 15 is 0 Å². The topological polar surface area (TPSA) is 59.1 Å². The zero-order valence-electron chi connectivity index (χ0n) is 18.4. The second kappa shape index (κ2) is 10.9. The molecule has 1 aliphatic rings. The van der Waals surface area contributed by atoms with Gasteiger partial charge in [0.25, 0.3) is 5.91 Å². The molecule has 2 aromatic rings. The molecule has 0 bridgehead atoms. The van der Waals surface area contributed by atoms with E-state index in [-0.39, 0.29) is 17.6 Å². The number of carbonyl (C=O) groups is 2. The minimum atomic E-state index is -1.03. The third-order valence-corrected chi connectivity index (χ3v) is 5.50. The van der Waals surface area contributed by atoms with E-state index in [1.54, 1.807) is 23.8 Å². The van der Waals surface area contributed by atoms with Crippen molar-refractivity contribution >= 4 is 11.8 Å². The van der Waals surface area contributed by atoms with Gasteiger partial charge in [0, 0.05) is 38.7 Å². The van der Waals surface area contributed by atoms with E-state index in [0.29, 0.717) is 45.4 Å². The molecule has 2 aromatic carbocycles. The number of rotatable bonds is 7. The third kappa shape index (κ3) is 6.18. The van der Waals surface area contributed by atoms with Crippen molar-refractivity contribution in [2.24, 2.45) is 0 Å². The Morgan fingerprint density at radius 2 is 1.59 bits per heavy atom. The Hall–Kier alpha value is -3.16. The summed E-state index contributed by atoms with van der Waals surface area (Å²) in [6.07, 6.45) is 0.853. The van der Waals surface area contributed by atoms with Crippen molar-refractivity contribution in [1.29, 1.82) is 0 Å². The quantitative estimate of drug-likeness (QED) is 0.654. The predicted octanol–water partition coefficient (Wildman–Crippen LogP) is 3.43. The van der Waals surface area contributed by atoms with Gasteiger partial charge in [0.05, 0.1) is 7.11 Å². The van der Waals surface area contributed by atoms with Crippen molar-refractivity contribution in [3.63, 3.8) is 0 Å². The summed E-state index contributed by atoms with van der Waals surface area (Å²) in [6, 6.07) is 10.8. The van der Waals surface area contributed by atoms with Crippen LogP contribution in [-0.4, -0.2) is 61.0 Å². The number of benzene rings is 2. The van der Waals surface area contributed by atoms with Crippen LogP contribution in [0.25, 0.3) is 0 Å². The number of methoxy groups -OCH3 is 1. The van der Waals surface area contributed by atoms with Crippen LogP contribution in [-0.2, 0) is 16.0 Å². The molecule has 1 atom stereocenters. The third-order valence-electron chi connectivity index (χ3n) is 5.50. The first-order valence-electron chi connectivity index (χ1n) is 10.7. The van der Waals surface area contributed by atoms with E-state index in [4.69, 9.17) is 9.47 Å². The molecule has 0 spiro atoms. The van der Waals surface area contributed by atoms with Crippen molar-refractivity contribution in [1.82, 2.24) is 9.80 Å². The van der Waals surface area contributed by atoms with Crippen LogP contribution in [0.4, 0.5) is 8.78 Å². The lowest BCUT2D eigenvalue weighted by atomic mass is 10.1. The highest BCUT2D eigenvalue weighted by Crippen LogP contribution is 2.18. The maximum atomic E-state index is 13.4. The molecule has 0 aromatic heterocycles. The molecule has 0 N–H and O–H groups in total. The molecular formula is C24H28F2N2O4. The van der Waals surface area contributed by atoms with Gasteiger partial charge < -0.3 is 19.3 Å². The summed E-state index contributed by atoms with van der Waals surface area (Å²) in [5.41, 5.74) is 1.06. The van der Waals surface area contributed by atoms with Crippen molar-refractivity contribution < 1.29 is 27.8 Å². The molecule has 1 aliphatic heterocycles. The fourth-order valence-corrected chi connectivity index (χ4v) is 3.65. The molecule has 1 saturated heterocycles. The van der Waals surface area contributed by atoms with E-state index < -0.39 is 17.7 Å². The zero-order chi connectivity index (χ0) is 23.1. The van der Waals surface area contributed by atoms with Gasteiger partial charge in [-0.1, -0.05) is 12.1 Å². The molecule has 6 nitrogen and oxygen atoms in total. The van der Waals surface area contributed by atoms with Crippen molar-refractivity contribution in [3.05, 3.63) is 59.7 Å². The SMILES string of the molecule is COc1ccc(CCC(=O)N2CCCN(C(=O)C(C)Oc3ccc(F)c(F)c3)CC2)cc1. The predicted molar refractivity (Wildman–Crippen MR) is 116 cm³/mol. The van der Waals surface area contributed by atoms with E-state index in [0.717, 1.165) is 23.4 Å². The maximum Gasteiger partial charge on any atom is 0.263 e. The average molecular weight is 446 g/mol. The molecule has 1 unspecified atom stereocenters. The standard InChI is InChI=1S/C24H28F2N2O4/c1-17(32-20-9-10-21(25)22(26)16-20)24(30)28-13-3-12-27(14-15-28)23(29)11-6-18-4-7-19(31-2)8-5-18/h4-5,7-10,16-17H,3,6,11-15H2,1-2H3. The van der Waals surface area contributed by atoms with Crippen LogP contribution in [0.2, 0.25) is 0 Å². The highest BCUT2D eigenvalue weighted by Gasteiger charge is 2.26. The van der Waals surface area contributed by atoms with Gasteiger partial charge in [-0.2, -0.15) is 0 Å². The molecule has 0 aliphatic carbocycles.